The summed E-state index contributed by atoms with van der Waals surface area (Å²) in [5.74, 6) is -0.786. The minimum absolute atomic E-state index is 0.223. The molecule has 0 aliphatic rings. The number of aromatic nitrogens is 1. The summed E-state index contributed by atoms with van der Waals surface area (Å²) in [6, 6.07) is 3.00. The molecule has 0 saturated heterocycles. The lowest BCUT2D eigenvalue weighted by atomic mass is 10.1. The number of hydrogen-bond donors (Lipinski definition) is 1. The summed E-state index contributed by atoms with van der Waals surface area (Å²) in [4.78, 5) is 27.9. The van der Waals surface area contributed by atoms with Crippen molar-refractivity contribution < 1.29 is 4.42 Å². The average molecular weight is 202 g/mol. The van der Waals surface area contributed by atoms with E-state index in [-0.39, 0.29) is 5.39 Å². The Morgan fingerprint density at radius 2 is 2.13 bits per heavy atom. The topological polar surface area (TPSA) is 67.4 Å². The van der Waals surface area contributed by atoms with Crippen LogP contribution in [0.15, 0.2) is 26.1 Å². The van der Waals surface area contributed by atoms with Crippen LogP contribution in [0.2, 0.25) is 0 Å². The molecule has 15 heavy (non-hydrogen) atoms. The zero-order valence-corrected chi connectivity index (χ0v) is 7.83. The van der Waals surface area contributed by atoms with Gasteiger partial charge in [0.25, 0.3) is 0 Å². The predicted molar refractivity (Wildman–Crippen MR) is 54.1 cm³/mol. The van der Waals surface area contributed by atoms with E-state index in [2.05, 4.69) is 14.2 Å². The van der Waals surface area contributed by atoms with Gasteiger partial charge in [-0.25, -0.2) is 14.4 Å². The summed E-state index contributed by atoms with van der Waals surface area (Å²) in [6.45, 7) is 8.56. The number of rotatable bonds is 0. The molecule has 1 heterocycles. The van der Waals surface area contributed by atoms with E-state index in [4.69, 9.17) is 6.57 Å². The Morgan fingerprint density at radius 3 is 2.80 bits per heavy atom. The van der Waals surface area contributed by atoms with Gasteiger partial charge in [-0.3, -0.25) is 4.98 Å². The van der Waals surface area contributed by atoms with Gasteiger partial charge >= 0.3 is 11.4 Å². The lowest BCUT2D eigenvalue weighted by Crippen LogP contribution is -2.14. The Labute approximate surface area is 83.8 Å². The number of benzene rings is 1. The van der Waals surface area contributed by atoms with Crippen molar-refractivity contribution in [1.82, 2.24) is 4.98 Å². The largest absolute Gasteiger partial charge is 0.419 e. The van der Waals surface area contributed by atoms with Crippen LogP contribution in [0.1, 0.15) is 5.56 Å². The Kier molecular flexibility index (Phi) is 1.90. The highest BCUT2D eigenvalue weighted by atomic mass is 16.4. The minimum Gasteiger partial charge on any atom is -0.372 e. The van der Waals surface area contributed by atoms with Gasteiger partial charge in [0.15, 0.2) is 5.69 Å². The summed E-state index contributed by atoms with van der Waals surface area (Å²) in [6.07, 6.45) is 0. The standard InChI is InChI=1S/C10H6N2O3/c1-5-3-6(11-2)4-7-8(5)12-10(14)15-9(7)13/h3-4H,1H3,(H,12,14). The van der Waals surface area contributed by atoms with Gasteiger partial charge < -0.3 is 4.42 Å². The number of H-pyrrole nitrogens is 1. The number of nitrogens with one attached hydrogen (secondary N) is 1. The summed E-state index contributed by atoms with van der Waals surface area (Å²) >= 11 is 0. The lowest BCUT2D eigenvalue weighted by Gasteiger charge is -2.00. The number of aromatic amines is 1. The summed E-state index contributed by atoms with van der Waals surface area (Å²) in [5, 5.41) is 0.223. The fraction of sp³-hybridized carbons (Fsp3) is 0.100. The molecule has 0 unspecified atom stereocenters. The molecular formula is C10H6N2O3. The minimum atomic E-state index is -0.786. The molecule has 74 valence electrons. The highest BCUT2D eigenvalue weighted by molar-refractivity contribution is 5.84. The molecule has 0 bridgehead atoms. The highest BCUT2D eigenvalue weighted by Crippen LogP contribution is 2.20. The number of aryl methyl sites for hydroxylation is 1. The van der Waals surface area contributed by atoms with E-state index in [0.717, 1.165) is 0 Å². The van der Waals surface area contributed by atoms with E-state index in [1.807, 2.05) is 0 Å². The molecule has 1 aromatic heterocycles. The summed E-state index contributed by atoms with van der Waals surface area (Å²) in [7, 11) is 0. The average Bonchev–Trinajstić information content (AvgIpc) is 2.19. The molecule has 0 spiro atoms. The summed E-state index contributed by atoms with van der Waals surface area (Å²) < 4.78 is 4.38. The molecule has 0 saturated carbocycles. The maximum Gasteiger partial charge on any atom is 0.419 e. The highest BCUT2D eigenvalue weighted by Gasteiger charge is 2.06. The Hall–Kier alpha value is -2.35. The molecule has 0 aliphatic heterocycles. The second kappa shape index (κ2) is 3.10. The van der Waals surface area contributed by atoms with Gasteiger partial charge in [0.2, 0.25) is 0 Å². The predicted octanol–water partition coefficient (Wildman–Crippen LogP) is 1.34. The normalized spacial score (nSPS) is 10.1. The zero-order valence-electron chi connectivity index (χ0n) is 7.83. The third kappa shape index (κ3) is 1.42. The van der Waals surface area contributed by atoms with E-state index in [1.165, 1.54) is 6.07 Å². The molecule has 1 N–H and O–H groups in total. The van der Waals surface area contributed by atoms with Crippen molar-refractivity contribution in [3.8, 4) is 0 Å². The van der Waals surface area contributed by atoms with E-state index in [0.29, 0.717) is 16.8 Å². The van der Waals surface area contributed by atoms with Gasteiger partial charge in [0.05, 0.1) is 17.5 Å². The summed E-state index contributed by atoms with van der Waals surface area (Å²) in [5.41, 5.74) is 0.717. The van der Waals surface area contributed by atoms with E-state index in [1.54, 1.807) is 13.0 Å². The molecule has 2 aromatic rings. The molecule has 0 amide bonds. The first kappa shape index (κ1) is 9.21. The molecule has 0 radical (unpaired) electrons. The maximum atomic E-state index is 11.3. The molecule has 0 atom stereocenters. The third-order valence-electron chi connectivity index (χ3n) is 2.08. The SMILES string of the molecule is [C-]#[N+]c1cc(C)c2[nH]c(=O)oc(=O)c2c1. The van der Waals surface area contributed by atoms with Crippen molar-refractivity contribution in [2.45, 2.75) is 6.92 Å². The molecule has 5 nitrogen and oxygen atoms in total. The van der Waals surface area contributed by atoms with E-state index >= 15 is 0 Å². The van der Waals surface area contributed by atoms with Crippen LogP contribution in [0.4, 0.5) is 5.69 Å². The number of nitrogens with zero attached hydrogens (tertiary/aromatic N) is 1. The lowest BCUT2D eigenvalue weighted by molar-refractivity contribution is 0.460. The monoisotopic (exact) mass is 202 g/mol. The van der Waals surface area contributed by atoms with Crippen LogP contribution in [0, 0.1) is 13.5 Å². The molecule has 0 fully saturated rings. The zero-order chi connectivity index (χ0) is 11.0. The quantitative estimate of drug-likeness (QED) is 0.655. The van der Waals surface area contributed by atoms with Crippen LogP contribution in [-0.4, -0.2) is 4.98 Å². The molecular weight excluding hydrogens is 196 g/mol. The first-order chi connectivity index (χ1) is 7.11. The van der Waals surface area contributed by atoms with Gasteiger partial charge in [0.1, 0.15) is 0 Å². The van der Waals surface area contributed by atoms with Crippen LogP contribution in [-0.2, 0) is 0 Å². The smallest absolute Gasteiger partial charge is 0.372 e. The van der Waals surface area contributed by atoms with Crippen molar-refractivity contribution in [3.63, 3.8) is 0 Å². The first-order valence-electron chi connectivity index (χ1n) is 4.17. The molecule has 2 rings (SSSR count). The van der Waals surface area contributed by atoms with Crippen LogP contribution in [0.5, 0.6) is 0 Å². The van der Waals surface area contributed by atoms with Crippen molar-refractivity contribution in [1.29, 1.82) is 0 Å². The number of hydrogen-bond acceptors (Lipinski definition) is 3. The van der Waals surface area contributed by atoms with Crippen LogP contribution < -0.4 is 11.4 Å². The first-order valence-corrected chi connectivity index (χ1v) is 4.17. The van der Waals surface area contributed by atoms with Gasteiger partial charge in [-0.15, -0.1) is 0 Å². The molecule has 5 heteroatoms. The second-order valence-corrected chi connectivity index (χ2v) is 3.10. The molecule has 0 aliphatic carbocycles. The van der Waals surface area contributed by atoms with Crippen molar-refractivity contribution in [3.05, 3.63) is 50.1 Å². The Bertz CT molecular complexity index is 688. The third-order valence-corrected chi connectivity index (χ3v) is 2.08. The van der Waals surface area contributed by atoms with E-state index < -0.39 is 11.4 Å². The van der Waals surface area contributed by atoms with Gasteiger partial charge in [-0.05, 0) is 18.6 Å². The van der Waals surface area contributed by atoms with Crippen molar-refractivity contribution in [2.24, 2.45) is 0 Å². The second-order valence-electron chi connectivity index (χ2n) is 3.10. The van der Waals surface area contributed by atoms with E-state index in [9.17, 15) is 9.59 Å². The van der Waals surface area contributed by atoms with Gasteiger partial charge in [0, 0.05) is 0 Å². The van der Waals surface area contributed by atoms with Gasteiger partial charge in [-0.1, -0.05) is 6.07 Å². The fourth-order valence-electron chi connectivity index (χ4n) is 1.43. The van der Waals surface area contributed by atoms with Crippen LogP contribution in [0.25, 0.3) is 15.7 Å². The Morgan fingerprint density at radius 1 is 1.40 bits per heavy atom. The maximum absolute atomic E-state index is 11.3. The van der Waals surface area contributed by atoms with Gasteiger partial charge in [-0.2, -0.15) is 0 Å². The number of fused-ring (bicyclic) bond motifs is 1. The van der Waals surface area contributed by atoms with Crippen LogP contribution >= 0.6 is 0 Å². The molecule has 1 aromatic carbocycles. The fourth-order valence-corrected chi connectivity index (χ4v) is 1.43. The van der Waals surface area contributed by atoms with Crippen LogP contribution in [0.3, 0.4) is 0 Å². The van der Waals surface area contributed by atoms with Crippen molar-refractivity contribution >= 4 is 16.6 Å². The Balaban J connectivity index is 3.06. The van der Waals surface area contributed by atoms with Crippen molar-refractivity contribution in [2.75, 3.05) is 0 Å².